The fourth-order valence-corrected chi connectivity index (χ4v) is 12.4. The van der Waals surface area contributed by atoms with Gasteiger partial charge in [-0.05, 0) is 166 Å². The standard InChI is InChI=1S/C16H24O2.C14H20O3.C12H20O2.C8H10O4/c1-4-16(18-15(17)10(2)3)13-6-11-5-12(8-13)9-14(16)7-11;1-9(2)12(15)17-14-6-10-3-11(7-14)5-13(16,4-10)8-14;1-4-12(8-6-5-7-9-12)14-11(13)10(2)3;1-5(2)8(10)12-6-3-7(9)11-4-6/h11-14H,2,4-9H2,1,3H3;10-11,16H,1,3-8H2,2H3;2,4-9H2,1,3H3;6H,1,3-4H2,2H3. The highest BCUT2D eigenvalue weighted by molar-refractivity contribution is 5.88. The number of hydrogen-bond donors (Lipinski definition) is 1. The molecule has 1 saturated heterocycles. The third-order valence-electron chi connectivity index (χ3n) is 14.9. The van der Waals surface area contributed by atoms with Crippen LogP contribution in [-0.4, -0.2) is 70.1 Å². The summed E-state index contributed by atoms with van der Waals surface area (Å²) in [7, 11) is 0. The lowest BCUT2D eigenvalue weighted by molar-refractivity contribution is -0.217. The van der Waals surface area contributed by atoms with E-state index in [1.54, 1.807) is 27.7 Å². The molecule has 0 amide bonds. The molecule has 0 aromatic carbocycles. The molecule has 9 saturated carbocycles. The van der Waals surface area contributed by atoms with E-state index in [1.165, 1.54) is 57.8 Å². The molecule has 61 heavy (non-hydrogen) atoms. The van der Waals surface area contributed by atoms with Gasteiger partial charge in [-0.3, -0.25) is 4.79 Å². The number of hydrogen-bond acceptors (Lipinski definition) is 11. The zero-order valence-electron chi connectivity index (χ0n) is 38.0. The number of carbonyl (C=O) groups excluding carboxylic acids is 5. The summed E-state index contributed by atoms with van der Waals surface area (Å²) >= 11 is 0. The molecule has 10 aliphatic rings. The van der Waals surface area contributed by atoms with Crippen LogP contribution < -0.4 is 0 Å². The van der Waals surface area contributed by atoms with E-state index in [0.717, 1.165) is 63.2 Å². The number of cyclic esters (lactones) is 1. The van der Waals surface area contributed by atoms with Crippen LogP contribution in [0.15, 0.2) is 48.6 Å². The topological polar surface area (TPSA) is 152 Å². The average molecular weight is 851 g/mol. The van der Waals surface area contributed by atoms with E-state index in [0.29, 0.717) is 52.4 Å². The summed E-state index contributed by atoms with van der Waals surface area (Å²) in [4.78, 5) is 56.6. The van der Waals surface area contributed by atoms with Crippen molar-refractivity contribution >= 4 is 29.8 Å². The highest BCUT2D eigenvalue weighted by Gasteiger charge is 2.60. The van der Waals surface area contributed by atoms with E-state index in [9.17, 15) is 29.1 Å². The number of carbonyl (C=O) groups is 5. The molecule has 10 rings (SSSR count). The van der Waals surface area contributed by atoms with E-state index < -0.39 is 23.3 Å². The van der Waals surface area contributed by atoms with E-state index in [2.05, 4.69) is 44.9 Å². The molecule has 11 heteroatoms. The number of rotatable bonds is 10. The van der Waals surface area contributed by atoms with Crippen LogP contribution in [0.3, 0.4) is 0 Å². The predicted molar refractivity (Wildman–Crippen MR) is 232 cm³/mol. The molecule has 340 valence electrons. The first-order chi connectivity index (χ1) is 28.6. The van der Waals surface area contributed by atoms with Crippen molar-refractivity contribution in [1.29, 1.82) is 0 Å². The van der Waals surface area contributed by atoms with Crippen LogP contribution in [0.1, 0.15) is 164 Å². The third kappa shape index (κ3) is 11.8. The van der Waals surface area contributed by atoms with Gasteiger partial charge >= 0.3 is 29.8 Å². The fourth-order valence-electron chi connectivity index (χ4n) is 12.4. The zero-order chi connectivity index (χ0) is 44.9. The fraction of sp³-hybridized carbons (Fsp3) is 0.740. The minimum absolute atomic E-state index is 0.152. The van der Waals surface area contributed by atoms with E-state index in [1.807, 2.05) is 0 Å². The van der Waals surface area contributed by atoms with Crippen molar-refractivity contribution in [2.24, 2.45) is 35.5 Å². The van der Waals surface area contributed by atoms with Gasteiger partial charge in [0.05, 0.1) is 12.0 Å². The minimum atomic E-state index is -0.570. The second-order valence-corrected chi connectivity index (χ2v) is 20.3. The van der Waals surface area contributed by atoms with Gasteiger partial charge in [0.2, 0.25) is 0 Å². The zero-order valence-corrected chi connectivity index (χ0v) is 38.0. The number of ether oxygens (including phenoxy) is 5. The number of aliphatic hydroxyl groups is 1. The Balaban J connectivity index is 0.000000156. The molecule has 0 spiro atoms. The Kier molecular flexibility index (Phi) is 15.6. The van der Waals surface area contributed by atoms with Crippen molar-refractivity contribution in [3.8, 4) is 0 Å². The lowest BCUT2D eigenvalue weighted by Gasteiger charge is -2.60. The lowest BCUT2D eigenvalue weighted by Crippen LogP contribution is -2.60. The second-order valence-electron chi connectivity index (χ2n) is 20.3. The highest BCUT2D eigenvalue weighted by atomic mass is 16.6. The molecule has 3 atom stereocenters. The monoisotopic (exact) mass is 851 g/mol. The molecule has 3 unspecified atom stereocenters. The summed E-state index contributed by atoms with van der Waals surface area (Å²) < 4.78 is 26.7. The van der Waals surface area contributed by atoms with Crippen LogP contribution in [0, 0.1) is 35.5 Å². The molecule has 9 aliphatic carbocycles. The third-order valence-corrected chi connectivity index (χ3v) is 14.9. The first-order valence-corrected chi connectivity index (χ1v) is 23.0. The molecular weight excluding hydrogens is 777 g/mol. The molecule has 0 aromatic rings. The molecule has 1 N–H and O–H groups in total. The normalized spacial score (nSPS) is 35.3. The van der Waals surface area contributed by atoms with Gasteiger partial charge in [0.1, 0.15) is 29.5 Å². The van der Waals surface area contributed by atoms with E-state index in [-0.39, 0.29) is 48.1 Å². The summed E-state index contributed by atoms with van der Waals surface area (Å²) in [5, 5.41) is 10.5. The molecule has 8 bridgehead atoms. The summed E-state index contributed by atoms with van der Waals surface area (Å²) in [5.41, 5.74) is 0.508. The Morgan fingerprint density at radius 2 is 1.11 bits per heavy atom. The van der Waals surface area contributed by atoms with Crippen molar-refractivity contribution in [2.45, 2.75) is 192 Å². The summed E-state index contributed by atoms with van der Waals surface area (Å²) in [5.74, 6) is 2.63. The van der Waals surface area contributed by atoms with Gasteiger partial charge in [-0.25, -0.2) is 19.2 Å². The Morgan fingerprint density at radius 3 is 1.54 bits per heavy atom. The molecule has 11 nitrogen and oxygen atoms in total. The molecule has 1 heterocycles. The predicted octanol–water partition coefficient (Wildman–Crippen LogP) is 9.54. The second kappa shape index (κ2) is 19.8. The van der Waals surface area contributed by atoms with Crippen LogP contribution in [0.4, 0.5) is 0 Å². The van der Waals surface area contributed by atoms with Crippen molar-refractivity contribution < 1.29 is 52.8 Å². The van der Waals surface area contributed by atoms with E-state index >= 15 is 0 Å². The van der Waals surface area contributed by atoms with Crippen molar-refractivity contribution in [1.82, 2.24) is 0 Å². The average Bonchev–Trinajstić information content (AvgIpc) is 3.59. The van der Waals surface area contributed by atoms with Crippen molar-refractivity contribution in [3.05, 3.63) is 48.6 Å². The van der Waals surface area contributed by atoms with Gasteiger partial charge in [-0.2, -0.15) is 0 Å². The number of esters is 5. The van der Waals surface area contributed by atoms with Gasteiger partial charge in [0.25, 0.3) is 0 Å². The quantitative estimate of drug-likeness (QED) is 0.127. The maximum Gasteiger partial charge on any atom is 0.333 e. The van der Waals surface area contributed by atoms with Gasteiger partial charge in [-0.1, -0.05) is 46.6 Å². The van der Waals surface area contributed by atoms with Gasteiger partial charge in [0, 0.05) is 28.7 Å². The molecule has 0 aromatic heterocycles. The molecule has 1 aliphatic heterocycles. The van der Waals surface area contributed by atoms with Crippen LogP contribution in [0.2, 0.25) is 0 Å². The molecular formula is C50H74O11. The Morgan fingerprint density at radius 1 is 0.639 bits per heavy atom. The van der Waals surface area contributed by atoms with E-state index in [4.69, 9.17) is 18.9 Å². The Hall–Kier alpha value is -3.73. The lowest BCUT2D eigenvalue weighted by atomic mass is 9.49. The van der Waals surface area contributed by atoms with Crippen LogP contribution in [0.5, 0.6) is 0 Å². The maximum atomic E-state index is 12.0. The maximum absolute atomic E-state index is 12.0. The first-order valence-electron chi connectivity index (χ1n) is 23.0. The first kappa shape index (κ1) is 48.3. The van der Waals surface area contributed by atoms with Gasteiger partial charge in [0.15, 0.2) is 0 Å². The Bertz CT molecular complexity index is 1670. The highest BCUT2D eigenvalue weighted by Crippen LogP contribution is 2.61. The summed E-state index contributed by atoms with van der Waals surface area (Å²) in [6, 6.07) is 0. The summed E-state index contributed by atoms with van der Waals surface area (Å²) in [6.45, 7) is 25.5. The smallest absolute Gasteiger partial charge is 0.333 e. The van der Waals surface area contributed by atoms with Crippen molar-refractivity contribution in [2.75, 3.05) is 6.61 Å². The van der Waals surface area contributed by atoms with Crippen LogP contribution >= 0.6 is 0 Å². The Labute approximate surface area is 364 Å². The molecule has 0 radical (unpaired) electrons. The molecule has 10 fully saturated rings. The van der Waals surface area contributed by atoms with Gasteiger partial charge < -0.3 is 28.8 Å². The largest absolute Gasteiger partial charge is 0.462 e. The summed E-state index contributed by atoms with van der Waals surface area (Å²) in [6.07, 6.45) is 19.3. The van der Waals surface area contributed by atoms with Crippen LogP contribution in [-0.2, 0) is 47.7 Å². The van der Waals surface area contributed by atoms with Crippen molar-refractivity contribution in [3.63, 3.8) is 0 Å². The minimum Gasteiger partial charge on any atom is -0.462 e. The van der Waals surface area contributed by atoms with Crippen LogP contribution in [0.25, 0.3) is 0 Å². The van der Waals surface area contributed by atoms with Gasteiger partial charge in [-0.15, -0.1) is 0 Å². The SMILES string of the molecule is C=C(C)C(=O)OC1(CC)C2CC3CC(C2)CC1C3.C=C(C)C(=O)OC1(CC)CCCCC1.C=C(C)C(=O)OC12CC3CC(CC(O)(C3)C1)C2.C=C(C)C(=O)OC1COC(=O)C1.